The average Bonchev–Trinajstić information content (AvgIpc) is 2.58. The van der Waals surface area contributed by atoms with Gasteiger partial charge in [0, 0.05) is 23.5 Å². The normalized spacial score (nSPS) is 20.1. The van der Waals surface area contributed by atoms with Crippen LogP contribution in [0.3, 0.4) is 0 Å². The first-order valence-electron chi connectivity index (χ1n) is 6.88. The average molecular weight is 252 g/mol. The van der Waals surface area contributed by atoms with E-state index in [0.29, 0.717) is 6.04 Å². The second-order valence-corrected chi connectivity index (χ2v) is 6.18. The predicted molar refractivity (Wildman–Crippen MR) is 74.6 cm³/mol. The highest BCUT2D eigenvalue weighted by Gasteiger charge is 2.22. The molecule has 3 heteroatoms. The molecule has 1 unspecified atom stereocenters. The second kappa shape index (κ2) is 6.50. The minimum absolute atomic E-state index is 0.624. The van der Waals surface area contributed by atoms with Gasteiger partial charge in [0.15, 0.2) is 0 Å². The maximum Gasteiger partial charge on any atom is 0.0943 e. The van der Waals surface area contributed by atoms with Crippen LogP contribution in [0.4, 0.5) is 0 Å². The molecule has 0 amide bonds. The maximum absolute atomic E-state index is 4.60. The molecule has 1 fully saturated rings. The van der Waals surface area contributed by atoms with E-state index in [0.717, 1.165) is 12.3 Å². The number of aryl methyl sites for hydroxylation is 1. The summed E-state index contributed by atoms with van der Waals surface area (Å²) in [6.45, 7) is 2.08. The van der Waals surface area contributed by atoms with Gasteiger partial charge in [-0.05, 0) is 32.7 Å². The van der Waals surface area contributed by atoms with E-state index in [1.165, 1.54) is 49.2 Å². The molecule has 0 radical (unpaired) electrons. The maximum atomic E-state index is 4.60. The highest BCUT2D eigenvalue weighted by Crippen LogP contribution is 2.27. The van der Waals surface area contributed by atoms with Crippen LogP contribution in [0.2, 0.25) is 0 Å². The Labute approximate surface area is 109 Å². The summed E-state index contributed by atoms with van der Waals surface area (Å²) in [4.78, 5) is 4.60. The molecule has 0 saturated heterocycles. The Hall–Kier alpha value is -0.410. The molecule has 0 aliphatic heterocycles. The Morgan fingerprint density at radius 3 is 2.59 bits per heavy atom. The standard InChI is InChI=1S/C14H24N2S/c1-11-10-17-14(16-11)9-13(15-2)12-7-5-3-4-6-8-12/h10,12-13,15H,3-9H2,1-2H3. The molecule has 1 aromatic heterocycles. The largest absolute Gasteiger partial charge is 0.316 e. The Morgan fingerprint density at radius 2 is 2.06 bits per heavy atom. The van der Waals surface area contributed by atoms with Crippen molar-refractivity contribution in [3.05, 3.63) is 16.1 Å². The molecule has 1 aromatic rings. The van der Waals surface area contributed by atoms with Crippen molar-refractivity contribution in [2.45, 2.75) is 57.9 Å². The van der Waals surface area contributed by atoms with Gasteiger partial charge in [-0.2, -0.15) is 0 Å². The number of rotatable bonds is 4. The van der Waals surface area contributed by atoms with Crippen molar-refractivity contribution in [2.24, 2.45) is 5.92 Å². The molecule has 1 saturated carbocycles. The van der Waals surface area contributed by atoms with Gasteiger partial charge >= 0.3 is 0 Å². The number of likely N-dealkylation sites (N-methyl/N-ethyl adjacent to an activating group) is 1. The Bertz CT molecular complexity index is 327. The molecule has 2 rings (SSSR count). The first kappa shape index (κ1) is 13.0. The van der Waals surface area contributed by atoms with Crippen molar-refractivity contribution in [3.8, 4) is 0 Å². The van der Waals surface area contributed by atoms with Crippen molar-refractivity contribution in [1.29, 1.82) is 0 Å². The zero-order chi connectivity index (χ0) is 12.1. The molecule has 1 heterocycles. The molecule has 1 aliphatic carbocycles. The third-order valence-electron chi connectivity index (χ3n) is 3.90. The number of nitrogens with one attached hydrogen (secondary N) is 1. The molecule has 2 nitrogen and oxygen atoms in total. The van der Waals surface area contributed by atoms with Gasteiger partial charge in [0.1, 0.15) is 0 Å². The summed E-state index contributed by atoms with van der Waals surface area (Å²) in [5.74, 6) is 0.853. The Kier molecular flexibility index (Phi) is 4.99. The second-order valence-electron chi connectivity index (χ2n) is 5.23. The van der Waals surface area contributed by atoms with Gasteiger partial charge in [-0.25, -0.2) is 4.98 Å². The number of nitrogens with zero attached hydrogens (tertiary/aromatic N) is 1. The third-order valence-corrected chi connectivity index (χ3v) is 4.89. The quantitative estimate of drug-likeness (QED) is 0.829. The van der Waals surface area contributed by atoms with Crippen molar-refractivity contribution in [3.63, 3.8) is 0 Å². The van der Waals surface area contributed by atoms with E-state index in [1.54, 1.807) is 0 Å². The van der Waals surface area contributed by atoms with Gasteiger partial charge < -0.3 is 5.32 Å². The third kappa shape index (κ3) is 3.78. The van der Waals surface area contributed by atoms with Crippen LogP contribution in [0, 0.1) is 12.8 Å². The van der Waals surface area contributed by atoms with Gasteiger partial charge in [-0.3, -0.25) is 0 Å². The monoisotopic (exact) mass is 252 g/mol. The van der Waals surface area contributed by atoms with Crippen LogP contribution in [0.15, 0.2) is 5.38 Å². The van der Waals surface area contributed by atoms with Crippen molar-refractivity contribution in [1.82, 2.24) is 10.3 Å². The van der Waals surface area contributed by atoms with E-state index >= 15 is 0 Å². The van der Waals surface area contributed by atoms with Gasteiger partial charge in [0.25, 0.3) is 0 Å². The molecule has 1 atom stereocenters. The number of thiazole rings is 1. The molecule has 0 aromatic carbocycles. The highest BCUT2D eigenvalue weighted by atomic mass is 32.1. The molecule has 96 valence electrons. The summed E-state index contributed by atoms with van der Waals surface area (Å²) < 4.78 is 0. The van der Waals surface area contributed by atoms with Crippen LogP contribution in [-0.4, -0.2) is 18.1 Å². The van der Waals surface area contributed by atoms with Crippen molar-refractivity contribution in [2.75, 3.05) is 7.05 Å². The highest BCUT2D eigenvalue weighted by molar-refractivity contribution is 7.09. The first-order chi connectivity index (χ1) is 8.29. The van der Waals surface area contributed by atoms with Gasteiger partial charge in [-0.1, -0.05) is 25.7 Å². The fourth-order valence-electron chi connectivity index (χ4n) is 2.90. The summed E-state index contributed by atoms with van der Waals surface area (Å²) in [5, 5.41) is 6.98. The lowest BCUT2D eigenvalue weighted by atomic mass is 9.90. The summed E-state index contributed by atoms with van der Waals surface area (Å²) >= 11 is 1.81. The fourth-order valence-corrected chi connectivity index (χ4v) is 3.73. The molecule has 1 N–H and O–H groups in total. The van der Waals surface area contributed by atoms with Crippen LogP contribution < -0.4 is 5.32 Å². The molecule has 17 heavy (non-hydrogen) atoms. The van der Waals surface area contributed by atoms with Crippen LogP contribution in [0.5, 0.6) is 0 Å². The van der Waals surface area contributed by atoms with Gasteiger partial charge in [0.05, 0.1) is 5.01 Å². The number of hydrogen-bond donors (Lipinski definition) is 1. The fraction of sp³-hybridized carbons (Fsp3) is 0.786. The van der Waals surface area contributed by atoms with Crippen LogP contribution in [0.25, 0.3) is 0 Å². The van der Waals surface area contributed by atoms with Gasteiger partial charge in [-0.15, -0.1) is 11.3 Å². The smallest absolute Gasteiger partial charge is 0.0943 e. The predicted octanol–water partition coefficient (Wildman–Crippen LogP) is 3.55. The van der Waals surface area contributed by atoms with E-state index < -0.39 is 0 Å². The van der Waals surface area contributed by atoms with E-state index in [-0.39, 0.29) is 0 Å². The topological polar surface area (TPSA) is 24.9 Å². The zero-order valence-corrected chi connectivity index (χ0v) is 11.9. The van der Waals surface area contributed by atoms with Gasteiger partial charge in [0.2, 0.25) is 0 Å². The SMILES string of the molecule is CNC(Cc1nc(C)cs1)C1CCCCCC1. The lowest BCUT2D eigenvalue weighted by Crippen LogP contribution is -2.35. The van der Waals surface area contributed by atoms with Crippen LogP contribution >= 0.6 is 11.3 Å². The molecular formula is C14H24N2S. The van der Waals surface area contributed by atoms with Crippen molar-refractivity contribution < 1.29 is 0 Å². The minimum Gasteiger partial charge on any atom is -0.316 e. The Morgan fingerprint density at radius 1 is 1.35 bits per heavy atom. The summed E-state index contributed by atoms with van der Waals surface area (Å²) in [6.07, 6.45) is 9.61. The molecular weight excluding hydrogens is 228 g/mol. The first-order valence-corrected chi connectivity index (χ1v) is 7.76. The summed E-state index contributed by atoms with van der Waals surface area (Å²) in [7, 11) is 2.11. The van der Waals surface area contributed by atoms with Crippen LogP contribution in [-0.2, 0) is 6.42 Å². The zero-order valence-electron chi connectivity index (χ0n) is 11.0. The number of hydrogen-bond acceptors (Lipinski definition) is 3. The number of aromatic nitrogens is 1. The Balaban J connectivity index is 1.95. The van der Waals surface area contributed by atoms with Crippen molar-refractivity contribution >= 4 is 11.3 Å². The lowest BCUT2D eigenvalue weighted by Gasteiger charge is -2.25. The minimum atomic E-state index is 0.624. The van der Waals surface area contributed by atoms with Crippen LogP contribution in [0.1, 0.15) is 49.2 Å². The lowest BCUT2D eigenvalue weighted by molar-refractivity contribution is 0.332. The summed E-state index contributed by atoms with van der Waals surface area (Å²) in [5.41, 5.74) is 1.17. The van der Waals surface area contributed by atoms with E-state index in [2.05, 4.69) is 29.7 Å². The van der Waals surface area contributed by atoms with E-state index in [4.69, 9.17) is 0 Å². The molecule has 1 aliphatic rings. The van der Waals surface area contributed by atoms with E-state index in [1.807, 2.05) is 11.3 Å². The van der Waals surface area contributed by atoms with E-state index in [9.17, 15) is 0 Å². The molecule has 0 spiro atoms. The summed E-state index contributed by atoms with van der Waals surface area (Å²) in [6, 6.07) is 0.624. The molecule has 0 bridgehead atoms.